The van der Waals surface area contributed by atoms with E-state index in [1.165, 1.54) is 105 Å². The summed E-state index contributed by atoms with van der Waals surface area (Å²) in [6.45, 7) is 19.2. The maximum absolute atomic E-state index is 6.15. The number of hydrogen-bond acceptors (Lipinski definition) is 7. The molecule has 16 aromatic rings. The molecule has 0 amide bonds. The van der Waals surface area contributed by atoms with Crippen LogP contribution in [0.3, 0.4) is 0 Å². The van der Waals surface area contributed by atoms with Gasteiger partial charge in [0.15, 0.2) is 0 Å². The maximum Gasteiger partial charge on any atom is 0.144 e. The fraction of sp³-hybridized carbons (Fsp3) is 0.106. The normalized spacial score (nSPS) is 10.4. The zero-order valence-corrected chi connectivity index (χ0v) is 70.8. The Balaban J connectivity index is 0.000000161. The van der Waals surface area contributed by atoms with Crippen LogP contribution in [0.25, 0.3) is 134 Å². The van der Waals surface area contributed by atoms with Crippen LogP contribution < -0.4 is 0 Å². The van der Waals surface area contributed by atoms with Gasteiger partial charge in [0.2, 0.25) is 0 Å². The summed E-state index contributed by atoms with van der Waals surface area (Å²) in [7, 11) is 2.07. The van der Waals surface area contributed by atoms with Crippen LogP contribution in [0.15, 0.2) is 294 Å². The van der Waals surface area contributed by atoms with Crippen molar-refractivity contribution in [2.45, 2.75) is 62.3 Å². The van der Waals surface area contributed by atoms with Gasteiger partial charge in [-0.15, -0.1) is 132 Å². The average Bonchev–Trinajstić information content (AvgIpc) is 1.49. The Hall–Kier alpha value is -9.50. The van der Waals surface area contributed by atoms with Crippen molar-refractivity contribution < 1.29 is 89.3 Å². The molecule has 12 heteroatoms. The molecule has 0 N–H and O–H groups in total. The van der Waals surface area contributed by atoms with E-state index >= 15 is 0 Å². The SMILES string of the molecule is Cc1cc(-c2ccccc2)cc(C)c1-c1cnc(-c2[c-]cccc2)n1C.Cc1cc(-c2ccccc2)cc(C)c1-c1cnc(-c2[c-]cccc2)o1.Cc1cc(-c2ccccc2)cc(C)c1-c1cnc(-c2[c-]cccc2)s1.Cc1cc(-c2ccccc2)cc(C)c1-c1oc(-c2[c-]cccc2)nc1C.[Ir].[Ir].[Ir].[Ir]. The fourth-order valence-corrected chi connectivity index (χ4v) is 14.4. The summed E-state index contributed by atoms with van der Waals surface area (Å²) >= 11 is 1.73. The smallest absolute Gasteiger partial charge is 0.144 e. The van der Waals surface area contributed by atoms with Crippen molar-refractivity contribution in [1.29, 1.82) is 0 Å². The molecule has 0 fully saturated rings. The minimum absolute atomic E-state index is 0. The van der Waals surface area contributed by atoms with Crippen molar-refractivity contribution in [2.75, 3.05) is 0 Å². The van der Waals surface area contributed by atoms with Crippen molar-refractivity contribution in [2.24, 2.45) is 7.05 Å². The predicted octanol–water partition coefficient (Wildman–Crippen LogP) is 24.9. The first kappa shape index (κ1) is 80.6. The number of nitrogens with zero attached hydrogens (tertiary/aromatic N) is 5. The van der Waals surface area contributed by atoms with Crippen LogP contribution in [0, 0.1) is 86.6 Å². The quantitative estimate of drug-likeness (QED) is 0.113. The van der Waals surface area contributed by atoms with Crippen LogP contribution >= 0.6 is 11.3 Å². The van der Waals surface area contributed by atoms with Crippen LogP contribution in [0.4, 0.5) is 0 Å². The third kappa shape index (κ3) is 18.8. The second kappa shape index (κ2) is 37.7. The Morgan fingerprint density at radius 1 is 0.321 bits per heavy atom. The fourth-order valence-electron chi connectivity index (χ4n) is 13.4. The number of aryl methyl sites for hydroxylation is 9. The Bertz CT molecular complexity index is 5140. The molecule has 0 aliphatic carbocycles. The third-order valence-corrected chi connectivity index (χ3v) is 19.1. The van der Waals surface area contributed by atoms with Crippen molar-refractivity contribution in [3.63, 3.8) is 0 Å². The zero-order valence-electron chi connectivity index (χ0n) is 60.4. The van der Waals surface area contributed by atoms with Gasteiger partial charge in [0.1, 0.15) is 23.3 Å². The molecule has 0 aliphatic heterocycles. The summed E-state index contributed by atoms with van der Waals surface area (Å²) in [4.78, 5) is 19.5. The molecule has 4 aromatic heterocycles. The molecular weight excluding hydrogens is 2030 g/mol. The Kier molecular flexibility index (Phi) is 28.6. The zero-order chi connectivity index (χ0) is 70.6. The Morgan fingerprint density at radius 3 is 1.08 bits per heavy atom. The van der Waals surface area contributed by atoms with Gasteiger partial charge in [-0.25, -0.2) is 0 Å². The molecule has 0 aliphatic rings. The second-order valence-corrected chi connectivity index (χ2v) is 26.6. The van der Waals surface area contributed by atoms with Gasteiger partial charge in [0.25, 0.3) is 0 Å². The van der Waals surface area contributed by atoms with Gasteiger partial charge < -0.3 is 13.4 Å². The number of benzene rings is 12. The van der Waals surface area contributed by atoms with Gasteiger partial charge >= 0.3 is 0 Å². The minimum Gasteiger partial charge on any atom is -0.481 e. The van der Waals surface area contributed by atoms with Crippen molar-refractivity contribution >= 4 is 11.3 Å². The summed E-state index contributed by atoms with van der Waals surface area (Å²) < 4.78 is 14.3. The van der Waals surface area contributed by atoms with E-state index in [0.29, 0.717) is 11.8 Å². The van der Waals surface area contributed by atoms with Crippen molar-refractivity contribution in [1.82, 2.24) is 24.5 Å². The van der Waals surface area contributed by atoms with Crippen LogP contribution in [-0.4, -0.2) is 24.5 Å². The number of imidazole rings is 1. The number of hydrogen-bond donors (Lipinski definition) is 0. The predicted molar refractivity (Wildman–Crippen MR) is 422 cm³/mol. The van der Waals surface area contributed by atoms with E-state index in [1.807, 2.05) is 122 Å². The molecule has 0 unspecified atom stereocenters. The number of rotatable bonds is 12. The first-order valence-electron chi connectivity index (χ1n) is 34.2. The molecule has 0 bridgehead atoms. The van der Waals surface area contributed by atoms with Crippen LogP contribution in [0.2, 0.25) is 0 Å². The number of thiazole rings is 1. The number of oxazole rings is 2. The van der Waals surface area contributed by atoms with Crippen LogP contribution in [0.1, 0.15) is 50.2 Å². The topological polar surface area (TPSA) is 82.8 Å². The molecule has 0 spiro atoms. The summed E-state index contributed by atoms with van der Waals surface area (Å²) in [5, 5.41) is 1.02. The monoisotopic (exact) mass is 2110 g/mol. The molecule has 0 atom stereocenters. The maximum atomic E-state index is 6.15. The van der Waals surface area contributed by atoms with E-state index in [4.69, 9.17) is 8.83 Å². The molecule has 0 saturated carbocycles. The first-order chi connectivity index (χ1) is 49.7. The van der Waals surface area contributed by atoms with E-state index in [2.05, 4.69) is 275 Å². The molecule has 7 nitrogen and oxygen atoms in total. The van der Waals surface area contributed by atoms with Gasteiger partial charge in [-0.05, 0) is 157 Å². The van der Waals surface area contributed by atoms with E-state index in [0.717, 1.165) is 67.1 Å². The molecule has 16 rings (SSSR count). The third-order valence-electron chi connectivity index (χ3n) is 18.1. The molecular formula is C94H77Ir4N5O2S-4. The van der Waals surface area contributed by atoms with Crippen LogP contribution in [-0.2, 0) is 87.5 Å². The Labute approximate surface area is 681 Å². The van der Waals surface area contributed by atoms with E-state index in [-0.39, 0.29) is 80.4 Å². The standard InChI is InChI=1S/C24H21N2.C24H20NO.C23H18NO.C23H18NS.4Ir/c1-17-14-21(19-10-6-4-7-11-19)15-18(2)23(17)22-16-25-24(26(22)3)20-12-8-5-9-13-20;1-16-14-21(19-10-6-4-7-11-19)15-17(2)22(16)23-18(3)25-24(26-23)20-12-8-5-9-13-20;2*1-16-13-20(18-9-5-3-6-10-18)14-17(2)22(16)21-15-24-23(25-21)19-11-7-4-8-12-19;;;;/h4-12,14-16H,1-3H3;4-12,14-15H,1-3H3;2*3-11,13-15H,1-2H3;;;;/q4*-1;;;;. The summed E-state index contributed by atoms with van der Waals surface area (Å²) in [6, 6.07) is 104. The van der Waals surface area contributed by atoms with Crippen molar-refractivity contribution in [3.8, 4) is 134 Å². The molecule has 4 radical (unpaired) electrons. The van der Waals surface area contributed by atoms with Crippen LogP contribution in [0.5, 0.6) is 0 Å². The van der Waals surface area contributed by atoms with Gasteiger partial charge in [-0.3, -0.25) is 19.9 Å². The molecule has 536 valence electrons. The van der Waals surface area contributed by atoms with Gasteiger partial charge in [-0.2, -0.15) is 11.3 Å². The van der Waals surface area contributed by atoms with E-state index in [9.17, 15) is 0 Å². The molecule has 12 aromatic carbocycles. The van der Waals surface area contributed by atoms with Crippen molar-refractivity contribution in [3.05, 3.63) is 360 Å². The minimum atomic E-state index is 0. The molecule has 106 heavy (non-hydrogen) atoms. The van der Waals surface area contributed by atoms with E-state index < -0.39 is 0 Å². The van der Waals surface area contributed by atoms with Gasteiger partial charge in [0, 0.05) is 126 Å². The van der Waals surface area contributed by atoms with E-state index in [1.54, 1.807) is 17.5 Å². The summed E-state index contributed by atoms with van der Waals surface area (Å²) in [5.41, 5.74) is 30.3. The second-order valence-electron chi connectivity index (χ2n) is 25.5. The molecule has 0 saturated heterocycles. The average molecular weight is 2110 g/mol. The van der Waals surface area contributed by atoms with Gasteiger partial charge in [-0.1, -0.05) is 181 Å². The van der Waals surface area contributed by atoms with Gasteiger partial charge in [0.05, 0.1) is 23.4 Å². The number of aromatic nitrogens is 5. The molecule has 4 heterocycles. The summed E-state index contributed by atoms with van der Waals surface area (Å²) in [5.74, 6) is 3.78. The Morgan fingerprint density at radius 2 is 0.679 bits per heavy atom. The largest absolute Gasteiger partial charge is 0.481 e. The summed E-state index contributed by atoms with van der Waals surface area (Å²) in [6.07, 6.45) is 5.75. The first-order valence-corrected chi connectivity index (χ1v) is 35.0.